The van der Waals surface area contributed by atoms with Crippen molar-refractivity contribution in [2.75, 3.05) is 0 Å². The summed E-state index contributed by atoms with van der Waals surface area (Å²) in [6.07, 6.45) is 1.68. The molecule has 1 aliphatic heterocycles. The van der Waals surface area contributed by atoms with E-state index in [2.05, 4.69) is 0 Å². The molecule has 0 spiro atoms. The fraction of sp³-hybridized carbons (Fsp3) is 0.0526. The minimum atomic E-state index is -0.475. The third kappa shape index (κ3) is 2.16. The van der Waals surface area contributed by atoms with Crippen molar-refractivity contribution in [1.29, 1.82) is 0 Å². The molecular weight excluding hydrogens is 292 g/mol. The molecule has 4 nitrogen and oxygen atoms in total. The van der Waals surface area contributed by atoms with Crippen LogP contribution in [0.3, 0.4) is 0 Å². The topological polar surface area (TPSA) is 56.5 Å². The third-order valence-electron chi connectivity index (χ3n) is 3.85. The van der Waals surface area contributed by atoms with Gasteiger partial charge in [-0.05, 0) is 36.3 Å². The van der Waals surface area contributed by atoms with Gasteiger partial charge in [-0.15, -0.1) is 0 Å². The van der Waals surface area contributed by atoms with Crippen molar-refractivity contribution in [2.45, 2.75) is 6.92 Å². The number of allylic oxidation sites excluding steroid dienone is 1. The highest BCUT2D eigenvalue weighted by Gasteiger charge is 2.31. The zero-order valence-corrected chi connectivity index (χ0v) is 12.3. The summed E-state index contributed by atoms with van der Waals surface area (Å²) in [4.78, 5) is 24.3. The van der Waals surface area contributed by atoms with E-state index >= 15 is 0 Å². The van der Waals surface area contributed by atoms with E-state index in [1.807, 2.05) is 37.3 Å². The van der Waals surface area contributed by atoms with Crippen molar-refractivity contribution < 1.29 is 13.9 Å². The highest BCUT2D eigenvalue weighted by atomic mass is 16.5. The molecule has 0 saturated heterocycles. The molecule has 0 saturated carbocycles. The molecule has 0 atom stereocenters. The van der Waals surface area contributed by atoms with Crippen LogP contribution < -0.4 is 10.4 Å². The molecule has 4 rings (SSSR count). The van der Waals surface area contributed by atoms with E-state index in [1.54, 1.807) is 18.2 Å². The smallest absolute Gasteiger partial charge is 0.336 e. The van der Waals surface area contributed by atoms with Crippen molar-refractivity contribution >= 4 is 22.8 Å². The molecule has 3 aromatic rings. The second-order valence-corrected chi connectivity index (χ2v) is 5.41. The lowest BCUT2D eigenvalue weighted by molar-refractivity contribution is 0.101. The van der Waals surface area contributed by atoms with E-state index in [4.69, 9.17) is 9.15 Å². The first-order chi connectivity index (χ1) is 11.1. The number of carbonyl (C=O) groups excluding carboxylic acids is 1. The number of ketones is 1. The maximum absolute atomic E-state index is 12.7. The van der Waals surface area contributed by atoms with Gasteiger partial charge in [0.1, 0.15) is 11.3 Å². The van der Waals surface area contributed by atoms with Gasteiger partial charge < -0.3 is 9.15 Å². The van der Waals surface area contributed by atoms with E-state index in [0.29, 0.717) is 11.3 Å². The lowest BCUT2D eigenvalue weighted by atomic mass is 10.0. The summed E-state index contributed by atoms with van der Waals surface area (Å²) in [6.45, 7) is 1.81. The lowest BCUT2D eigenvalue weighted by Gasteiger charge is -2.02. The van der Waals surface area contributed by atoms with Crippen LogP contribution in [0.1, 0.15) is 21.5 Å². The van der Waals surface area contributed by atoms with Crippen LogP contribution in [0.15, 0.2) is 63.5 Å². The summed E-state index contributed by atoms with van der Waals surface area (Å²) < 4.78 is 10.9. The standard InChI is InChI=1S/C19H12O4/c1-11-9-16(20)23-19-13(11)7-8-14-17(19)18(21)15(22-14)10-12-5-3-2-4-6-12/h2-10H,1H3. The molecule has 0 radical (unpaired) electrons. The molecule has 1 aliphatic rings. The minimum Gasteiger partial charge on any atom is -0.452 e. The van der Waals surface area contributed by atoms with Gasteiger partial charge in [-0.2, -0.15) is 0 Å². The van der Waals surface area contributed by atoms with Crippen LogP contribution in [0.4, 0.5) is 0 Å². The van der Waals surface area contributed by atoms with Gasteiger partial charge in [-0.3, -0.25) is 4.79 Å². The van der Waals surface area contributed by atoms with E-state index in [1.165, 1.54) is 6.07 Å². The largest absolute Gasteiger partial charge is 0.452 e. The monoisotopic (exact) mass is 304 g/mol. The number of Topliss-reactive ketones (excluding diaryl/α,β-unsaturated/α-hetero) is 1. The van der Waals surface area contributed by atoms with Crippen molar-refractivity contribution in [3.63, 3.8) is 0 Å². The Balaban J connectivity index is 1.91. The zero-order valence-electron chi connectivity index (χ0n) is 12.3. The molecule has 0 fully saturated rings. The van der Waals surface area contributed by atoms with Crippen molar-refractivity contribution in [1.82, 2.24) is 0 Å². The molecule has 0 amide bonds. The fourth-order valence-corrected chi connectivity index (χ4v) is 2.75. The summed E-state index contributed by atoms with van der Waals surface area (Å²) in [5, 5.41) is 0.737. The van der Waals surface area contributed by atoms with Gasteiger partial charge in [0.25, 0.3) is 0 Å². The summed E-state index contributed by atoms with van der Waals surface area (Å²) in [5.41, 5.74) is 1.76. The highest BCUT2D eigenvalue weighted by molar-refractivity contribution is 6.20. The molecule has 112 valence electrons. The molecule has 0 N–H and O–H groups in total. The summed E-state index contributed by atoms with van der Waals surface area (Å²) in [7, 11) is 0. The number of ether oxygens (including phenoxy) is 1. The lowest BCUT2D eigenvalue weighted by Crippen LogP contribution is -2.02. The Morgan fingerprint density at radius 2 is 1.78 bits per heavy atom. The van der Waals surface area contributed by atoms with Crippen LogP contribution in [0.2, 0.25) is 0 Å². The van der Waals surface area contributed by atoms with Crippen LogP contribution in [0.5, 0.6) is 5.75 Å². The first kappa shape index (κ1) is 13.5. The van der Waals surface area contributed by atoms with Gasteiger partial charge in [0.2, 0.25) is 5.78 Å². The normalized spacial score (nSPS) is 15.0. The first-order valence-electron chi connectivity index (χ1n) is 7.20. The first-order valence-corrected chi connectivity index (χ1v) is 7.20. The Morgan fingerprint density at radius 3 is 2.57 bits per heavy atom. The van der Waals surface area contributed by atoms with Crippen LogP contribution in [-0.4, -0.2) is 5.78 Å². The summed E-state index contributed by atoms with van der Waals surface area (Å²) >= 11 is 0. The SMILES string of the molecule is Cc1cc(=O)oc2c3c(ccc12)OC(=Cc1ccccc1)C3=O. The molecule has 0 unspecified atom stereocenters. The summed E-state index contributed by atoms with van der Waals surface area (Å²) in [6, 6.07) is 14.4. The van der Waals surface area contributed by atoms with Crippen molar-refractivity contribution in [3.8, 4) is 5.75 Å². The molecule has 1 aromatic heterocycles. The van der Waals surface area contributed by atoms with Crippen molar-refractivity contribution in [2.24, 2.45) is 0 Å². The molecular formula is C19H12O4. The van der Waals surface area contributed by atoms with Gasteiger partial charge >= 0.3 is 5.63 Å². The molecule has 0 aliphatic carbocycles. The van der Waals surface area contributed by atoms with Crippen LogP contribution >= 0.6 is 0 Å². The minimum absolute atomic E-state index is 0.225. The number of carbonyl (C=O) groups is 1. The van der Waals surface area contributed by atoms with E-state index in [0.717, 1.165) is 16.5 Å². The Labute approximate surface area is 131 Å². The maximum Gasteiger partial charge on any atom is 0.336 e. The second-order valence-electron chi connectivity index (χ2n) is 5.41. The van der Waals surface area contributed by atoms with Gasteiger partial charge in [0.05, 0.1) is 0 Å². The maximum atomic E-state index is 12.7. The zero-order chi connectivity index (χ0) is 16.0. The number of benzene rings is 2. The predicted octanol–water partition coefficient (Wildman–Crippen LogP) is 3.72. The van der Waals surface area contributed by atoms with Crippen LogP contribution in [0.25, 0.3) is 17.0 Å². The third-order valence-corrected chi connectivity index (χ3v) is 3.85. The number of hydrogen-bond acceptors (Lipinski definition) is 4. The average molecular weight is 304 g/mol. The summed E-state index contributed by atoms with van der Waals surface area (Å²) in [5.74, 6) is 0.365. The molecule has 2 aromatic carbocycles. The average Bonchev–Trinajstić information content (AvgIpc) is 2.85. The number of fused-ring (bicyclic) bond motifs is 3. The van der Waals surface area contributed by atoms with Gasteiger partial charge in [-0.25, -0.2) is 4.79 Å². The van der Waals surface area contributed by atoms with Gasteiger partial charge in [0, 0.05) is 11.5 Å². The predicted molar refractivity (Wildman–Crippen MR) is 86.6 cm³/mol. The Bertz CT molecular complexity index is 1030. The van der Waals surface area contributed by atoms with Crippen LogP contribution in [-0.2, 0) is 0 Å². The number of aryl methyl sites for hydroxylation is 1. The Kier molecular flexibility index (Phi) is 2.91. The van der Waals surface area contributed by atoms with E-state index in [9.17, 15) is 9.59 Å². The Hall–Kier alpha value is -3.14. The Morgan fingerprint density at radius 1 is 1.00 bits per heavy atom. The van der Waals surface area contributed by atoms with E-state index in [-0.39, 0.29) is 17.1 Å². The number of hydrogen-bond donors (Lipinski definition) is 0. The second kappa shape index (κ2) is 4.95. The van der Waals surface area contributed by atoms with Crippen LogP contribution in [0, 0.1) is 6.92 Å². The quantitative estimate of drug-likeness (QED) is 0.508. The molecule has 23 heavy (non-hydrogen) atoms. The molecule has 4 heteroatoms. The highest BCUT2D eigenvalue weighted by Crippen LogP contribution is 2.37. The van der Waals surface area contributed by atoms with E-state index < -0.39 is 5.63 Å². The molecule has 2 heterocycles. The molecule has 0 bridgehead atoms. The van der Waals surface area contributed by atoms with Gasteiger partial charge in [-0.1, -0.05) is 30.3 Å². The fourth-order valence-electron chi connectivity index (χ4n) is 2.75. The van der Waals surface area contributed by atoms with Gasteiger partial charge in [0.15, 0.2) is 11.3 Å². The number of rotatable bonds is 1. The van der Waals surface area contributed by atoms with Crippen molar-refractivity contribution in [3.05, 3.63) is 81.4 Å².